The van der Waals surface area contributed by atoms with Crippen molar-refractivity contribution in [2.75, 3.05) is 25.2 Å². The molecule has 0 aromatic carbocycles. The predicted molar refractivity (Wildman–Crippen MR) is 61.7 cm³/mol. The molecule has 0 aromatic heterocycles. The van der Waals surface area contributed by atoms with Crippen molar-refractivity contribution < 1.29 is 9.53 Å². The van der Waals surface area contributed by atoms with Crippen LogP contribution < -0.4 is 5.32 Å². The first-order valence-electron chi connectivity index (χ1n) is 5.10. The maximum absolute atomic E-state index is 11.3. The van der Waals surface area contributed by atoms with Gasteiger partial charge in [-0.05, 0) is 19.1 Å². The average Bonchev–Trinajstić information content (AvgIpc) is 2.17. The summed E-state index contributed by atoms with van der Waals surface area (Å²) < 4.78 is 5.15. The first-order chi connectivity index (χ1) is 6.74. The number of hydrogen-bond donors (Lipinski definition) is 1. The van der Waals surface area contributed by atoms with Crippen molar-refractivity contribution in [1.29, 1.82) is 0 Å². The van der Waals surface area contributed by atoms with Gasteiger partial charge in [-0.15, -0.1) is 0 Å². The minimum Gasteiger partial charge on any atom is -0.372 e. The number of carbonyl (C=O) groups is 1. The Labute approximate surface area is 91.0 Å². The third kappa shape index (κ3) is 7.21. The highest BCUT2D eigenvalue weighted by Crippen LogP contribution is 2.00. The number of nitrogens with one attached hydrogen (secondary N) is 1. The molecule has 1 atom stereocenters. The van der Waals surface area contributed by atoms with Crippen LogP contribution >= 0.6 is 11.8 Å². The lowest BCUT2D eigenvalue weighted by Gasteiger charge is -2.15. The second-order valence-corrected chi connectivity index (χ2v) is 4.09. The minimum absolute atomic E-state index is 0.000602. The van der Waals surface area contributed by atoms with Gasteiger partial charge in [0.25, 0.3) is 0 Å². The van der Waals surface area contributed by atoms with Crippen molar-refractivity contribution in [1.82, 2.24) is 5.32 Å². The molecule has 3 nitrogen and oxygen atoms in total. The molecule has 1 amide bonds. The van der Waals surface area contributed by atoms with E-state index in [0.29, 0.717) is 6.61 Å². The Bertz CT molecular complexity index is 153. The molecule has 0 rings (SSSR count). The molecule has 0 spiro atoms. The van der Waals surface area contributed by atoms with E-state index in [1.807, 2.05) is 13.2 Å². The zero-order valence-electron chi connectivity index (χ0n) is 9.34. The van der Waals surface area contributed by atoms with Gasteiger partial charge < -0.3 is 10.1 Å². The van der Waals surface area contributed by atoms with E-state index < -0.39 is 0 Å². The van der Waals surface area contributed by atoms with Crippen LogP contribution in [0.15, 0.2) is 0 Å². The first-order valence-corrected chi connectivity index (χ1v) is 6.50. The van der Waals surface area contributed by atoms with Crippen LogP contribution in [0.3, 0.4) is 0 Å². The van der Waals surface area contributed by atoms with Crippen molar-refractivity contribution in [2.24, 2.45) is 0 Å². The lowest BCUT2D eigenvalue weighted by molar-refractivity contribution is -0.126. The summed E-state index contributed by atoms with van der Waals surface area (Å²) in [5.74, 6) is 0.968. The molecular weight excluding hydrogens is 198 g/mol. The van der Waals surface area contributed by atoms with E-state index in [1.54, 1.807) is 11.8 Å². The van der Waals surface area contributed by atoms with E-state index in [-0.39, 0.29) is 18.6 Å². The standard InChI is InChI=1S/C10H21NO2S/c1-4-6-13-7-10(12)11-9(5-2)8-14-3/h9H,4-8H2,1-3H3,(H,11,12). The summed E-state index contributed by atoms with van der Waals surface area (Å²) >= 11 is 1.75. The molecule has 14 heavy (non-hydrogen) atoms. The molecule has 84 valence electrons. The first kappa shape index (κ1) is 13.8. The van der Waals surface area contributed by atoms with Gasteiger partial charge in [0.15, 0.2) is 0 Å². The second kappa shape index (κ2) is 9.34. The highest BCUT2D eigenvalue weighted by atomic mass is 32.2. The van der Waals surface area contributed by atoms with Crippen LogP contribution in [0.4, 0.5) is 0 Å². The molecule has 0 aromatic rings. The Hall–Kier alpha value is -0.220. The summed E-state index contributed by atoms with van der Waals surface area (Å²) in [7, 11) is 0. The SMILES string of the molecule is CCCOCC(=O)NC(CC)CSC. The van der Waals surface area contributed by atoms with Crippen molar-refractivity contribution in [2.45, 2.75) is 32.7 Å². The molecule has 0 aliphatic heterocycles. The summed E-state index contributed by atoms with van der Waals surface area (Å²) in [6, 6.07) is 0.280. The number of hydrogen-bond acceptors (Lipinski definition) is 3. The van der Waals surface area contributed by atoms with Crippen molar-refractivity contribution in [3.05, 3.63) is 0 Å². The topological polar surface area (TPSA) is 38.3 Å². The average molecular weight is 219 g/mol. The Morgan fingerprint density at radius 3 is 2.71 bits per heavy atom. The second-order valence-electron chi connectivity index (χ2n) is 3.18. The fourth-order valence-corrected chi connectivity index (χ4v) is 1.76. The van der Waals surface area contributed by atoms with E-state index >= 15 is 0 Å². The molecule has 0 aliphatic rings. The smallest absolute Gasteiger partial charge is 0.246 e. The molecule has 4 heteroatoms. The van der Waals surface area contributed by atoms with Gasteiger partial charge in [-0.2, -0.15) is 11.8 Å². The van der Waals surface area contributed by atoms with Crippen molar-refractivity contribution >= 4 is 17.7 Å². The van der Waals surface area contributed by atoms with E-state index in [4.69, 9.17) is 4.74 Å². The summed E-state index contributed by atoms with van der Waals surface area (Å²) in [5.41, 5.74) is 0. The van der Waals surface area contributed by atoms with Gasteiger partial charge in [0.2, 0.25) is 5.91 Å². The Balaban J connectivity index is 3.56. The molecule has 0 fully saturated rings. The number of thioether (sulfide) groups is 1. The molecule has 0 bridgehead atoms. The van der Waals surface area contributed by atoms with Gasteiger partial charge in [0, 0.05) is 18.4 Å². The molecule has 1 N–H and O–H groups in total. The predicted octanol–water partition coefficient (Wildman–Crippen LogP) is 1.67. The lowest BCUT2D eigenvalue weighted by atomic mass is 10.2. The van der Waals surface area contributed by atoms with Gasteiger partial charge in [0.05, 0.1) is 0 Å². The largest absolute Gasteiger partial charge is 0.372 e. The summed E-state index contributed by atoms with van der Waals surface area (Å²) in [4.78, 5) is 11.3. The summed E-state index contributed by atoms with van der Waals surface area (Å²) in [6.45, 7) is 4.96. The Morgan fingerprint density at radius 2 is 2.21 bits per heavy atom. The molecular formula is C10H21NO2S. The summed E-state index contributed by atoms with van der Waals surface area (Å²) in [6.07, 6.45) is 3.97. The number of carbonyl (C=O) groups excluding carboxylic acids is 1. The molecule has 0 saturated heterocycles. The fourth-order valence-electron chi connectivity index (χ4n) is 1.04. The fraction of sp³-hybridized carbons (Fsp3) is 0.900. The number of rotatable bonds is 8. The van der Waals surface area contributed by atoms with Crippen LogP contribution in [0.25, 0.3) is 0 Å². The van der Waals surface area contributed by atoms with E-state index in [9.17, 15) is 4.79 Å². The summed E-state index contributed by atoms with van der Waals surface area (Å²) in [5, 5.41) is 2.94. The van der Waals surface area contributed by atoms with Gasteiger partial charge in [-0.1, -0.05) is 13.8 Å². The van der Waals surface area contributed by atoms with Gasteiger partial charge in [-0.3, -0.25) is 4.79 Å². The molecule has 0 radical (unpaired) electrons. The number of amides is 1. The number of ether oxygens (including phenoxy) is 1. The molecule has 0 aliphatic carbocycles. The monoisotopic (exact) mass is 219 g/mol. The van der Waals surface area contributed by atoms with E-state index in [2.05, 4.69) is 12.2 Å². The maximum atomic E-state index is 11.3. The van der Waals surface area contributed by atoms with Crippen LogP contribution in [0.5, 0.6) is 0 Å². The lowest BCUT2D eigenvalue weighted by Crippen LogP contribution is -2.38. The Morgan fingerprint density at radius 1 is 1.50 bits per heavy atom. The normalized spacial score (nSPS) is 12.5. The van der Waals surface area contributed by atoms with Crippen molar-refractivity contribution in [3.63, 3.8) is 0 Å². The zero-order valence-corrected chi connectivity index (χ0v) is 10.2. The van der Waals surface area contributed by atoms with Crippen LogP contribution in [0, 0.1) is 0 Å². The third-order valence-electron chi connectivity index (χ3n) is 1.81. The minimum atomic E-state index is -0.000602. The van der Waals surface area contributed by atoms with Crippen LogP contribution in [0.1, 0.15) is 26.7 Å². The third-order valence-corrected chi connectivity index (χ3v) is 2.54. The molecule has 0 heterocycles. The van der Waals surface area contributed by atoms with Crippen molar-refractivity contribution in [3.8, 4) is 0 Å². The zero-order chi connectivity index (χ0) is 10.8. The molecule has 0 saturated carbocycles. The van der Waals surface area contributed by atoms with Gasteiger partial charge >= 0.3 is 0 Å². The highest BCUT2D eigenvalue weighted by molar-refractivity contribution is 7.98. The Kier molecular flexibility index (Phi) is 9.19. The van der Waals surface area contributed by atoms with Crippen LogP contribution in [-0.4, -0.2) is 37.2 Å². The van der Waals surface area contributed by atoms with E-state index in [1.165, 1.54) is 0 Å². The van der Waals surface area contributed by atoms with Gasteiger partial charge in [0.1, 0.15) is 6.61 Å². The quantitative estimate of drug-likeness (QED) is 0.631. The highest BCUT2D eigenvalue weighted by Gasteiger charge is 2.08. The molecule has 1 unspecified atom stereocenters. The van der Waals surface area contributed by atoms with Crippen LogP contribution in [-0.2, 0) is 9.53 Å². The van der Waals surface area contributed by atoms with E-state index in [0.717, 1.165) is 18.6 Å². The van der Waals surface area contributed by atoms with Crippen LogP contribution in [0.2, 0.25) is 0 Å². The maximum Gasteiger partial charge on any atom is 0.246 e. The van der Waals surface area contributed by atoms with Gasteiger partial charge in [-0.25, -0.2) is 0 Å².